The van der Waals surface area contributed by atoms with Crippen LogP contribution < -0.4 is 0 Å². The minimum Gasteiger partial charge on any atom is -0.508 e. The van der Waals surface area contributed by atoms with Gasteiger partial charge in [-0.15, -0.1) is 0 Å². The molecule has 1 rings (SSSR count). The van der Waals surface area contributed by atoms with E-state index in [1.165, 1.54) is 0 Å². The van der Waals surface area contributed by atoms with E-state index in [-0.39, 0.29) is 17.3 Å². The molecule has 0 aliphatic heterocycles. The van der Waals surface area contributed by atoms with Gasteiger partial charge in [0.1, 0.15) is 5.75 Å². The number of hydrogen-bond donors (Lipinski definition) is 2. The molecule has 2 N–H and O–H groups in total. The first-order valence-corrected chi connectivity index (χ1v) is 9.18. The predicted octanol–water partition coefficient (Wildman–Crippen LogP) is 5.54. The largest absolute Gasteiger partial charge is 0.508 e. The summed E-state index contributed by atoms with van der Waals surface area (Å²) in [7, 11) is 0. The number of phenols is 1. The van der Waals surface area contributed by atoms with Crippen molar-refractivity contribution in [2.45, 2.75) is 78.6 Å². The Morgan fingerprint density at radius 1 is 1.08 bits per heavy atom. The number of aliphatic carboxylic acids is 1. The van der Waals surface area contributed by atoms with Gasteiger partial charge in [-0.2, -0.15) is 0 Å². The maximum absolute atomic E-state index is 11.2. The number of carboxylic acid groups (broad SMARTS) is 1. The van der Waals surface area contributed by atoms with Crippen LogP contribution in [0.5, 0.6) is 5.75 Å². The van der Waals surface area contributed by atoms with Crippen LogP contribution in [0.25, 0.3) is 0 Å². The van der Waals surface area contributed by atoms with E-state index in [0.29, 0.717) is 5.75 Å². The van der Waals surface area contributed by atoms with Crippen LogP contribution in [0.4, 0.5) is 0 Å². The smallest absolute Gasteiger partial charge is 0.306 e. The molecule has 1 aromatic carbocycles. The van der Waals surface area contributed by atoms with Crippen LogP contribution >= 0.6 is 0 Å². The molecule has 0 saturated heterocycles. The van der Waals surface area contributed by atoms with Gasteiger partial charge in [0, 0.05) is 0 Å². The summed E-state index contributed by atoms with van der Waals surface area (Å²) in [6, 6.07) is 6.03. The van der Waals surface area contributed by atoms with E-state index in [4.69, 9.17) is 0 Å². The lowest BCUT2D eigenvalue weighted by Crippen LogP contribution is -2.19. The first-order chi connectivity index (χ1) is 11.1. The van der Waals surface area contributed by atoms with Gasteiger partial charge in [0.05, 0.1) is 5.92 Å². The van der Waals surface area contributed by atoms with Crippen molar-refractivity contribution in [2.75, 3.05) is 0 Å². The maximum Gasteiger partial charge on any atom is 0.306 e. The third-order valence-electron chi connectivity index (χ3n) is 4.78. The Morgan fingerprint density at radius 3 is 2.21 bits per heavy atom. The van der Waals surface area contributed by atoms with Crippen LogP contribution in [0, 0.1) is 11.8 Å². The predicted molar refractivity (Wildman–Crippen MR) is 99.6 cm³/mol. The Labute approximate surface area is 147 Å². The first kappa shape index (κ1) is 20.5. The highest BCUT2D eigenvalue weighted by molar-refractivity contribution is 5.70. The fourth-order valence-electron chi connectivity index (χ4n) is 3.02. The van der Waals surface area contributed by atoms with Crippen molar-refractivity contribution in [3.05, 3.63) is 29.3 Å². The molecule has 0 amide bonds. The van der Waals surface area contributed by atoms with Gasteiger partial charge in [-0.25, -0.2) is 0 Å². The average molecular weight is 335 g/mol. The van der Waals surface area contributed by atoms with E-state index in [2.05, 4.69) is 26.8 Å². The number of carboxylic acids is 1. The molecule has 1 atom stereocenters. The molecule has 3 nitrogen and oxygen atoms in total. The van der Waals surface area contributed by atoms with Gasteiger partial charge in [-0.05, 0) is 47.8 Å². The molecule has 0 saturated carbocycles. The third kappa shape index (κ3) is 6.54. The quantitative estimate of drug-likeness (QED) is 0.583. The molecule has 1 unspecified atom stereocenters. The Kier molecular flexibility index (Phi) is 7.78. The number of hydrogen-bond acceptors (Lipinski definition) is 2. The van der Waals surface area contributed by atoms with E-state index >= 15 is 0 Å². The van der Waals surface area contributed by atoms with E-state index in [1.807, 2.05) is 26.0 Å². The zero-order chi connectivity index (χ0) is 18.3. The number of unbranched alkanes of at least 4 members (excludes halogenated alkanes) is 3. The van der Waals surface area contributed by atoms with Gasteiger partial charge < -0.3 is 10.2 Å². The Morgan fingerprint density at radius 2 is 1.71 bits per heavy atom. The van der Waals surface area contributed by atoms with Crippen LogP contribution in [0.15, 0.2) is 18.2 Å². The lowest BCUT2D eigenvalue weighted by atomic mass is 9.86. The zero-order valence-electron chi connectivity index (χ0n) is 15.9. The first-order valence-electron chi connectivity index (χ1n) is 9.18. The number of aryl methyl sites for hydroxylation is 1. The van der Waals surface area contributed by atoms with E-state index in [0.717, 1.165) is 49.7 Å². The van der Waals surface area contributed by atoms with Crippen molar-refractivity contribution in [1.29, 1.82) is 0 Å². The van der Waals surface area contributed by atoms with Crippen LogP contribution in [-0.4, -0.2) is 16.2 Å². The van der Waals surface area contributed by atoms with Crippen LogP contribution in [-0.2, 0) is 16.6 Å². The van der Waals surface area contributed by atoms with Gasteiger partial charge in [-0.3, -0.25) is 4.79 Å². The van der Waals surface area contributed by atoms with Crippen molar-refractivity contribution >= 4 is 5.97 Å². The van der Waals surface area contributed by atoms with E-state index in [1.54, 1.807) is 0 Å². The fraction of sp³-hybridized carbons (Fsp3) is 0.667. The summed E-state index contributed by atoms with van der Waals surface area (Å²) in [4.78, 5) is 11.2. The highest BCUT2D eigenvalue weighted by Crippen LogP contribution is 2.29. The molecule has 0 radical (unpaired) electrons. The summed E-state index contributed by atoms with van der Waals surface area (Å²) in [5.74, 6) is -0.304. The SMILES string of the molecule is CC(C)C(CCCCCCc1ccc(C(C)(C)C)cc1O)C(=O)O. The minimum atomic E-state index is -0.672. The zero-order valence-corrected chi connectivity index (χ0v) is 15.9. The Bertz CT molecular complexity index is 526. The summed E-state index contributed by atoms with van der Waals surface area (Å²) < 4.78 is 0. The summed E-state index contributed by atoms with van der Waals surface area (Å²) in [5, 5.41) is 19.4. The average Bonchev–Trinajstić information content (AvgIpc) is 2.45. The summed E-state index contributed by atoms with van der Waals surface area (Å²) >= 11 is 0. The van der Waals surface area contributed by atoms with Crippen LogP contribution in [0.1, 0.15) is 77.8 Å². The van der Waals surface area contributed by atoms with Crippen molar-refractivity contribution in [3.63, 3.8) is 0 Å². The normalized spacial score (nSPS) is 13.2. The number of phenolic OH excluding ortho intramolecular Hbond substituents is 1. The molecular formula is C21H34O3. The van der Waals surface area contributed by atoms with Gasteiger partial charge in [-0.1, -0.05) is 66.0 Å². The van der Waals surface area contributed by atoms with Crippen LogP contribution in [0.2, 0.25) is 0 Å². The molecule has 24 heavy (non-hydrogen) atoms. The van der Waals surface area contributed by atoms with Gasteiger partial charge >= 0.3 is 5.97 Å². The second-order valence-electron chi connectivity index (χ2n) is 8.24. The fourth-order valence-corrected chi connectivity index (χ4v) is 3.02. The van der Waals surface area contributed by atoms with Gasteiger partial charge in [0.25, 0.3) is 0 Å². The molecule has 0 aromatic heterocycles. The number of aromatic hydroxyl groups is 1. The highest BCUT2D eigenvalue weighted by atomic mass is 16.4. The second-order valence-corrected chi connectivity index (χ2v) is 8.24. The van der Waals surface area contributed by atoms with Gasteiger partial charge in [0.15, 0.2) is 0 Å². The van der Waals surface area contributed by atoms with Gasteiger partial charge in [0.2, 0.25) is 0 Å². The molecule has 136 valence electrons. The maximum atomic E-state index is 11.2. The molecule has 0 aliphatic rings. The lowest BCUT2D eigenvalue weighted by molar-refractivity contribution is -0.143. The Balaban J connectivity index is 2.35. The molecule has 0 aliphatic carbocycles. The summed E-state index contributed by atoms with van der Waals surface area (Å²) in [6.45, 7) is 10.4. The monoisotopic (exact) mass is 334 g/mol. The van der Waals surface area contributed by atoms with E-state index < -0.39 is 5.97 Å². The van der Waals surface area contributed by atoms with Crippen molar-refractivity contribution in [3.8, 4) is 5.75 Å². The second kappa shape index (κ2) is 9.10. The number of benzene rings is 1. The lowest BCUT2D eigenvalue weighted by Gasteiger charge is -2.20. The Hall–Kier alpha value is -1.51. The number of rotatable bonds is 9. The van der Waals surface area contributed by atoms with Crippen molar-refractivity contribution < 1.29 is 15.0 Å². The summed E-state index contributed by atoms with van der Waals surface area (Å²) in [5.41, 5.74) is 2.21. The molecule has 0 fully saturated rings. The molecule has 0 heterocycles. The van der Waals surface area contributed by atoms with E-state index in [9.17, 15) is 15.0 Å². The van der Waals surface area contributed by atoms with Crippen molar-refractivity contribution in [2.24, 2.45) is 11.8 Å². The molecule has 1 aromatic rings. The van der Waals surface area contributed by atoms with Crippen molar-refractivity contribution in [1.82, 2.24) is 0 Å². The molecule has 0 bridgehead atoms. The van der Waals surface area contributed by atoms with Crippen LogP contribution in [0.3, 0.4) is 0 Å². The topological polar surface area (TPSA) is 57.5 Å². The molecule has 3 heteroatoms. The highest BCUT2D eigenvalue weighted by Gasteiger charge is 2.20. The third-order valence-corrected chi connectivity index (χ3v) is 4.78. The summed E-state index contributed by atoms with van der Waals surface area (Å²) in [6.07, 6.45) is 5.76. The molecule has 0 spiro atoms. The standard InChI is InChI=1S/C21H34O3/c1-15(2)18(20(23)24)11-9-7-6-8-10-16-12-13-17(14-19(16)22)21(3,4)5/h12-15,18,22H,6-11H2,1-5H3,(H,23,24). The molecular weight excluding hydrogens is 300 g/mol. The minimum absolute atomic E-state index is 0.0487. The number of carbonyl (C=O) groups is 1.